The highest BCUT2D eigenvalue weighted by atomic mass is 32.1. The van der Waals surface area contributed by atoms with E-state index >= 15 is 0 Å². The maximum absolute atomic E-state index is 12.5. The first kappa shape index (κ1) is 20.0. The quantitative estimate of drug-likeness (QED) is 0.647. The molecular weight excluding hydrogens is 400 g/mol. The lowest BCUT2D eigenvalue weighted by Gasteiger charge is -2.18. The van der Waals surface area contributed by atoms with Crippen LogP contribution < -0.4 is 20.1 Å². The number of hydrogen-bond donors (Lipinski definition) is 2. The summed E-state index contributed by atoms with van der Waals surface area (Å²) in [5.41, 5.74) is 3.71. The number of carbonyl (C=O) groups is 2. The third-order valence-corrected chi connectivity index (χ3v) is 5.94. The van der Waals surface area contributed by atoms with Crippen molar-refractivity contribution in [2.75, 3.05) is 25.1 Å². The maximum Gasteiger partial charge on any atom is 0.261 e. The van der Waals surface area contributed by atoms with Crippen molar-refractivity contribution in [1.29, 1.82) is 0 Å². The number of thiophene rings is 1. The zero-order chi connectivity index (χ0) is 21.1. The Morgan fingerprint density at radius 2 is 1.70 bits per heavy atom. The molecule has 0 bridgehead atoms. The van der Waals surface area contributed by atoms with Crippen LogP contribution in [0.5, 0.6) is 11.5 Å². The highest BCUT2D eigenvalue weighted by molar-refractivity contribution is 7.17. The van der Waals surface area contributed by atoms with Crippen LogP contribution >= 0.6 is 11.3 Å². The molecule has 2 N–H and O–H groups in total. The van der Waals surface area contributed by atoms with E-state index in [1.54, 1.807) is 6.07 Å². The minimum atomic E-state index is -0.277. The number of para-hydroxylation sites is 1. The second-order valence-electron chi connectivity index (χ2n) is 7.02. The molecule has 2 aromatic carbocycles. The van der Waals surface area contributed by atoms with E-state index < -0.39 is 0 Å². The van der Waals surface area contributed by atoms with Gasteiger partial charge in [-0.1, -0.05) is 18.2 Å². The molecule has 1 aromatic heterocycles. The number of fused-ring (bicyclic) bond motifs is 1. The van der Waals surface area contributed by atoms with E-state index in [4.69, 9.17) is 9.47 Å². The third kappa shape index (κ3) is 4.31. The van der Waals surface area contributed by atoms with Gasteiger partial charge in [-0.25, -0.2) is 0 Å². The Hall–Kier alpha value is -3.32. The van der Waals surface area contributed by atoms with Crippen molar-refractivity contribution < 1.29 is 19.1 Å². The normalized spacial score (nSPS) is 12.3. The van der Waals surface area contributed by atoms with E-state index in [1.807, 2.05) is 56.3 Å². The summed E-state index contributed by atoms with van der Waals surface area (Å²) in [5, 5.41) is 5.56. The van der Waals surface area contributed by atoms with Crippen LogP contribution in [0, 0.1) is 13.8 Å². The molecular formula is C23H22N2O4S. The van der Waals surface area contributed by atoms with E-state index in [2.05, 4.69) is 10.6 Å². The average Bonchev–Trinajstić information content (AvgIpc) is 3.25. The summed E-state index contributed by atoms with van der Waals surface area (Å²) in [6.45, 7) is 4.85. The monoisotopic (exact) mass is 422 g/mol. The summed E-state index contributed by atoms with van der Waals surface area (Å²) in [7, 11) is 0. The highest BCUT2D eigenvalue weighted by Crippen LogP contribution is 2.36. The first-order valence-corrected chi connectivity index (χ1v) is 10.5. The molecule has 2 heterocycles. The molecule has 0 fully saturated rings. The number of nitrogens with one attached hydrogen (secondary N) is 2. The number of aryl methyl sites for hydroxylation is 2. The van der Waals surface area contributed by atoms with Crippen LogP contribution in [0.25, 0.3) is 10.4 Å². The molecule has 0 aliphatic carbocycles. The van der Waals surface area contributed by atoms with Gasteiger partial charge in [0.1, 0.15) is 13.2 Å². The van der Waals surface area contributed by atoms with Crippen molar-refractivity contribution in [3.05, 3.63) is 64.5 Å². The Kier molecular flexibility index (Phi) is 5.72. The number of rotatable bonds is 5. The second kappa shape index (κ2) is 8.59. The molecule has 2 amide bonds. The first-order valence-electron chi connectivity index (χ1n) is 9.65. The first-order chi connectivity index (χ1) is 14.5. The Bertz CT molecular complexity index is 1090. The third-order valence-electron chi connectivity index (χ3n) is 4.81. The molecule has 1 aliphatic heterocycles. The standard InChI is InChI=1S/C23H22N2O4S/c1-14-4-3-5-15(2)22(14)25-21(26)13-24-23(27)20-9-8-19(30-20)16-6-7-17-18(12-16)29-11-10-28-17/h3-9,12H,10-11,13H2,1-2H3,(H,24,27)(H,25,26). The van der Waals surface area contributed by atoms with Crippen molar-refractivity contribution >= 4 is 28.8 Å². The molecule has 6 nitrogen and oxygen atoms in total. The topological polar surface area (TPSA) is 76.7 Å². The largest absolute Gasteiger partial charge is 0.486 e. The molecule has 154 valence electrons. The molecule has 0 unspecified atom stereocenters. The van der Waals surface area contributed by atoms with Crippen LogP contribution in [0.2, 0.25) is 0 Å². The lowest BCUT2D eigenvalue weighted by Crippen LogP contribution is -2.32. The van der Waals surface area contributed by atoms with E-state index in [9.17, 15) is 9.59 Å². The van der Waals surface area contributed by atoms with Gasteiger partial charge >= 0.3 is 0 Å². The summed E-state index contributed by atoms with van der Waals surface area (Å²) in [5.74, 6) is 0.903. The van der Waals surface area contributed by atoms with E-state index in [0.717, 1.165) is 33.0 Å². The van der Waals surface area contributed by atoms with Crippen molar-refractivity contribution in [3.8, 4) is 21.9 Å². The Labute approximate surface area is 178 Å². The SMILES string of the molecule is Cc1cccc(C)c1NC(=O)CNC(=O)c1ccc(-c2ccc3c(c2)OCCO3)s1. The molecule has 0 atom stereocenters. The summed E-state index contributed by atoms with van der Waals surface area (Å²) in [6.07, 6.45) is 0. The molecule has 0 spiro atoms. The van der Waals surface area contributed by atoms with Crippen molar-refractivity contribution in [1.82, 2.24) is 5.32 Å². The molecule has 0 saturated heterocycles. The van der Waals surface area contributed by atoms with Gasteiger partial charge in [0.05, 0.1) is 11.4 Å². The van der Waals surface area contributed by atoms with E-state index in [0.29, 0.717) is 23.8 Å². The van der Waals surface area contributed by atoms with Gasteiger partial charge in [-0.15, -0.1) is 11.3 Å². The second-order valence-corrected chi connectivity index (χ2v) is 8.10. The fraction of sp³-hybridized carbons (Fsp3) is 0.217. The zero-order valence-electron chi connectivity index (χ0n) is 16.8. The Balaban J connectivity index is 1.38. The van der Waals surface area contributed by atoms with Crippen LogP contribution in [0.4, 0.5) is 5.69 Å². The molecule has 30 heavy (non-hydrogen) atoms. The molecule has 0 saturated carbocycles. The van der Waals surface area contributed by atoms with Gasteiger partial charge < -0.3 is 20.1 Å². The molecule has 0 radical (unpaired) electrons. The van der Waals surface area contributed by atoms with Crippen LogP contribution in [0.15, 0.2) is 48.5 Å². The zero-order valence-corrected chi connectivity index (χ0v) is 17.6. The number of hydrogen-bond acceptors (Lipinski definition) is 5. The Morgan fingerprint density at radius 1 is 0.967 bits per heavy atom. The van der Waals surface area contributed by atoms with Crippen molar-refractivity contribution in [2.24, 2.45) is 0 Å². The summed E-state index contributed by atoms with van der Waals surface area (Å²) < 4.78 is 11.2. The average molecular weight is 423 g/mol. The van der Waals surface area contributed by atoms with Crippen LogP contribution in [0.1, 0.15) is 20.8 Å². The van der Waals surface area contributed by atoms with Gasteiger partial charge in [-0.05, 0) is 60.9 Å². The van der Waals surface area contributed by atoms with Gasteiger partial charge in [-0.2, -0.15) is 0 Å². The fourth-order valence-corrected chi connectivity index (χ4v) is 4.17. The van der Waals surface area contributed by atoms with E-state index in [-0.39, 0.29) is 18.4 Å². The molecule has 7 heteroatoms. The fourth-order valence-electron chi connectivity index (χ4n) is 3.25. The van der Waals surface area contributed by atoms with Crippen molar-refractivity contribution in [3.63, 3.8) is 0 Å². The number of amides is 2. The summed E-state index contributed by atoms with van der Waals surface area (Å²) in [6, 6.07) is 15.2. The van der Waals surface area contributed by atoms with Crippen LogP contribution in [0.3, 0.4) is 0 Å². The predicted octanol–water partition coefficient (Wildman–Crippen LogP) is 4.17. The smallest absolute Gasteiger partial charge is 0.261 e. The maximum atomic E-state index is 12.5. The number of ether oxygens (including phenoxy) is 2. The number of benzene rings is 2. The van der Waals surface area contributed by atoms with Crippen molar-refractivity contribution in [2.45, 2.75) is 13.8 Å². The Morgan fingerprint density at radius 3 is 2.47 bits per heavy atom. The molecule has 1 aliphatic rings. The predicted molar refractivity (Wildman–Crippen MR) is 118 cm³/mol. The minimum absolute atomic E-state index is 0.0934. The van der Waals surface area contributed by atoms with Crippen LogP contribution in [-0.2, 0) is 4.79 Å². The lowest BCUT2D eigenvalue weighted by molar-refractivity contribution is -0.115. The summed E-state index contributed by atoms with van der Waals surface area (Å²) in [4.78, 5) is 26.2. The van der Waals surface area contributed by atoms with Gasteiger partial charge in [0.25, 0.3) is 5.91 Å². The van der Waals surface area contributed by atoms with E-state index in [1.165, 1.54) is 11.3 Å². The molecule has 4 rings (SSSR count). The van der Waals surface area contributed by atoms with Gasteiger partial charge in [0.15, 0.2) is 11.5 Å². The lowest BCUT2D eigenvalue weighted by atomic mass is 10.1. The minimum Gasteiger partial charge on any atom is -0.486 e. The number of anilines is 1. The highest BCUT2D eigenvalue weighted by Gasteiger charge is 2.16. The van der Waals surface area contributed by atoms with Gasteiger partial charge in [-0.3, -0.25) is 9.59 Å². The van der Waals surface area contributed by atoms with Gasteiger partial charge in [0.2, 0.25) is 5.91 Å². The van der Waals surface area contributed by atoms with Gasteiger partial charge in [0, 0.05) is 10.6 Å². The molecule has 3 aromatic rings. The number of carbonyl (C=O) groups excluding carboxylic acids is 2. The van der Waals surface area contributed by atoms with Crippen LogP contribution in [-0.4, -0.2) is 31.6 Å². The summed E-state index contributed by atoms with van der Waals surface area (Å²) >= 11 is 1.37.